The van der Waals surface area contributed by atoms with Gasteiger partial charge in [0.15, 0.2) is 5.11 Å². The largest absolute Gasteiger partial charge is 0.573 e. The highest BCUT2D eigenvalue weighted by molar-refractivity contribution is 7.80. The number of fused-ring (bicyclic) bond motifs is 1. The molecule has 1 aromatic heterocycles. The van der Waals surface area contributed by atoms with Gasteiger partial charge < -0.3 is 14.6 Å². The van der Waals surface area contributed by atoms with Crippen LogP contribution >= 0.6 is 12.2 Å². The monoisotopic (exact) mass is 511 g/mol. The molecule has 0 amide bonds. The number of ether oxygens (including phenoxy) is 1. The number of anilines is 1. The molecule has 0 radical (unpaired) electrons. The van der Waals surface area contributed by atoms with Crippen LogP contribution in [0.5, 0.6) is 5.75 Å². The first-order valence-corrected chi connectivity index (χ1v) is 11.5. The number of nitrogens with zero attached hydrogens (tertiary/aromatic N) is 3. The third kappa shape index (κ3) is 6.01. The molecule has 0 aliphatic carbocycles. The molecule has 0 saturated carbocycles. The summed E-state index contributed by atoms with van der Waals surface area (Å²) in [5, 5.41) is 7.79. The molecule has 0 aliphatic rings. The quantitative estimate of drug-likeness (QED) is 0.174. The molecule has 1 heterocycles. The Balaban J connectivity index is 1.46. The molecule has 6 nitrogen and oxygen atoms in total. The van der Waals surface area contributed by atoms with Gasteiger partial charge in [-0.1, -0.05) is 38.1 Å². The van der Waals surface area contributed by atoms with Gasteiger partial charge in [-0.25, -0.2) is 4.98 Å². The van der Waals surface area contributed by atoms with Gasteiger partial charge in [-0.3, -0.25) is 5.43 Å². The second kappa shape index (κ2) is 10.4. The van der Waals surface area contributed by atoms with Crippen molar-refractivity contribution < 1.29 is 17.9 Å². The number of thiocarbonyl (C=S) groups is 1. The van der Waals surface area contributed by atoms with Crippen molar-refractivity contribution in [2.24, 2.45) is 12.1 Å². The summed E-state index contributed by atoms with van der Waals surface area (Å²) < 4.78 is 43.1. The predicted molar refractivity (Wildman–Crippen MR) is 140 cm³/mol. The summed E-state index contributed by atoms with van der Waals surface area (Å²) in [7, 11) is 1.84. The van der Waals surface area contributed by atoms with Crippen LogP contribution in [-0.2, 0) is 7.05 Å². The first-order chi connectivity index (χ1) is 17.1. The van der Waals surface area contributed by atoms with Gasteiger partial charge in [-0.15, -0.1) is 13.2 Å². The summed E-state index contributed by atoms with van der Waals surface area (Å²) in [4.78, 5) is 4.61. The Morgan fingerprint density at radius 1 is 1.08 bits per heavy atom. The number of benzene rings is 3. The van der Waals surface area contributed by atoms with Crippen LogP contribution in [0.2, 0.25) is 0 Å². The molecule has 0 atom stereocenters. The summed E-state index contributed by atoms with van der Waals surface area (Å²) in [5.41, 5.74) is 8.00. The van der Waals surface area contributed by atoms with Crippen molar-refractivity contribution in [2.45, 2.75) is 26.1 Å². The smallest absolute Gasteiger partial charge is 0.406 e. The molecule has 0 bridgehead atoms. The van der Waals surface area contributed by atoms with Gasteiger partial charge in [0.1, 0.15) is 11.6 Å². The van der Waals surface area contributed by atoms with Gasteiger partial charge in [0.05, 0.1) is 17.2 Å². The lowest BCUT2D eigenvalue weighted by atomic mass is 10.0. The van der Waals surface area contributed by atoms with Crippen molar-refractivity contribution in [3.05, 3.63) is 77.9 Å². The molecule has 4 aromatic rings. The van der Waals surface area contributed by atoms with E-state index in [1.165, 1.54) is 12.1 Å². The summed E-state index contributed by atoms with van der Waals surface area (Å²) in [5.74, 6) is 0.683. The van der Waals surface area contributed by atoms with Crippen LogP contribution in [-0.4, -0.2) is 27.2 Å². The standard InChI is InChI=1S/C26H24F3N5OS/c1-16(2)20-6-4-5-7-21(20)32-25(36)33-30-15-17-8-13-22-23(14-17)34(3)24(31-22)18-9-11-19(12-10-18)35-26(27,28)29/h4-16H,1-3H3,(H2,32,33,36)/b30-15+. The minimum Gasteiger partial charge on any atom is -0.406 e. The van der Waals surface area contributed by atoms with Gasteiger partial charge in [0.25, 0.3) is 0 Å². The summed E-state index contributed by atoms with van der Waals surface area (Å²) >= 11 is 5.37. The predicted octanol–water partition coefficient (Wildman–Crippen LogP) is 6.58. The average Bonchev–Trinajstić information content (AvgIpc) is 3.15. The zero-order chi connectivity index (χ0) is 25.9. The first kappa shape index (κ1) is 25.2. The zero-order valence-electron chi connectivity index (χ0n) is 19.8. The van der Waals surface area contributed by atoms with Crippen LogP contribution in [0.15, 0.2) is 71.8 Å². The fourth-order valence-electron chi connectivity index (χ4n) is 3.78. The van der Waals surface area contributed by atoms with E-state index in [0.717, 1.165) is 27.8 Å². The van der Waals surface area contributed by atoms with E-state index >= 15 is 0 Å². The maximum absolute atomic E-state index is 12.4. The van der Waals surface area contributed by atoms with Crippen LogP contribution in [0.1, 0.15) is 30.9 Å². The molecular formula is C26H24F3N5OS. The van der Waals surface area contributed by atoms with Crippen LogP contribution in [0.3, 0.4) is 0 Å². The SMILES string of the molecule is CC(C)c1ccccc1NC(=S)N/N=C/c1ccc2nc(-c3ccc(OC(F)(F)F)cc3)n(C)c2c1. The highest BCUT2D eigenvalue weighted by Gasteiger charge is 2.31. The third-order valence-corrected chi connectivity index (χ3v) is 5.66. The van der Waals surface area contributed by atoms with Crippen LogP contribution in [0.4, 0.5) is 18.9 Å². The summed E-state index contributed by atoms with van der Waals surface area (Å²) in [6.45, 7) is 4.24. The highest BCUT2D eigenvalue weighted by Crippen LogP contribution is 2.28. The van der Waals surface area contributed by atoms with E-state index < -0.39 is 6.36 Å². The van der Waals surface area contributed by atoms with E-state index in [1.807, 2.05) is 48.0 Å². The lowest BCUT2D eigenvalue weighted by molar-refractivity contribution is -0.274. The molecular weight excluding hydrogens is 487 g/mol. The Hall–Kier alpha value is -3.92. The van der Waals surface area contributed by atoms with Crippen LogP contribution in [0.25, 0.3) is 22.4 Å². The van der Waals surface area contributed by atoms with Gasteiger partial charge in [0, 0.05) is 18.3 Å². The molecule has 0 aliphatic heterocycles. The van der Waals surface area contributed by atoms with Gasteiger partial charge in [-0.2, -0.15) is 5.10 Å². The number of aromatic nitrogens is 2. The van der Waals surface area contributed by atoms with Crippen molar-refractivity contribution in [3.63, 3.8) is 0 Å². The minimum absolute atomic E-state index is 0.281. The number of hydrazone groups is 1. The van der Waals surface area contributed by atoms with Gasteiger partial charge in [-0.05, 0) is 71.7 Å². The van der Waals surface area contributed by atoms with E-state index in [2.05, 4.69) is 45.5 Å². The van der Waals surface area contributed by atoms with E-state index in [0.29, 0.717) is 22.4 Å². The number of imidazole rings is 1. The lowest BCUT2D eigenvalue weighted by Crippen LogP contribution is -2.24. The number of nitrogens with one attached hydrogen (secondary N) is 2. The Kier molecular flexibility index (Phi) is 7.25. The van der Waals surface area contributed by atoms with E-state index in [-0.39, 0.29) is 5.75 Å². The normalized spacial score (nSPS) is 11.9. The van der Waals surface area contributed by atoms with Crippen LogP contribution in [0, 0.1) is 0 Å². The fraction of sp³-hybridized carbons (Fsp3) is 0.192. The van der Waals surface area contributed by atoms with Crippen molar-refractivity contribution in [2.75, 3.05) is 5.32 Å². The maximum Gasteiger partial charge on any atom is 0.573 e. The lowest BCUT2D eigenvalue weighted by Gasteiger charge is -2.14. The molecule has 0 spiro atoms. The van der Waals surface area contributed by atoms with Gasteiger partial charge in [0.2, 0.25) is 0 Å². The number of halogens is 3. The number of rotatable bonds is 6. The second-order valence-corrected chi connectivity index (χ2v) is 8.79. The highest BCUT2D eigenvalue weighted by atomic mass is 32.1. The van der Waals surface area contributed by atoms with Crippen molar-refractivity contribution in [1.29, 1.82) is 0 Å². The molecule has 0 fully saturated rings. The molecule has 10 heteroatoms. The van der Waals surface area contributed by atoms with Crippen molar-refractivity contribution >= 4 is 40.3 Å². The topological polar surface area (TPSA) is 63.5 Å². The first-order valence-electron chi connectivity index (χ1n) is 11.1. The van der Waals surface area contributed by atoms with Crippen molar-refractivity contribution in [1.82, 2.24) is 15.0 Å². The third-order valence-electron chi connectivity index (χ3n) is 5.46. The van der Waals surface area contributed by atoms with Gasteiger partial charge >= 0.3 is 6.36 Å². The molecule has 0 saturated heterocycles. The number of hydrogen-bond donors (Lipinski definition) is 2. The number of aryl methyl sites for hydroxylation is 1. The molecule has 3 aromatic carbocycles. The van der Waals surface area contributed by atoms with E-state index in [1.54, 1.807) is 18.3 Å². The van der Waals surface area contributed by atoms with E-state index in [9.17, 15) is 13.2 Å². The minimum atomic E-state index is -4.73. The number of alkyl halides is 3. The van der Waals surface area contributed by atoms with Crippen molar-refractivity contribution in [3.8, 4) is 17.1 Å². The zero-order valence-corrected chi connectivity index (χ0v) is 20.6. The fourth-order valence-corrected chi connectivity index (χ4v) is 3.94. The Bertz CT molecular complexity index is 1410. The second-order valence-electron chi connectivity index (χ2n) is 8.38. The average molecular weight is 512 g/mol. The number of para-hydroxylation sites is 1. The summed E-state index contributed by atoms with van der Waals surface area (Å²) in [6, 6.07) is 19.2. The molecule has 186 valence electrons. The summed E-state index contributed by atoms with van der Waals surface area (Å²) in [6.07, 6.45) is -3.08. The van der Waals surface area contributed by atoms with E-state index in [4.69, 9.17) is 12.2 Å². The Labute approximate surface area is 211 Å². The molecule has 36 heavy (non-hydrogen) atoms. The Morgan fingerprint density at radius 2 is 1.81 bits per heavy atom. The molecule has 4 rings (SSSR count). The van der Waals surface area contributed by atoms with Crippen LogP contribution < -0.4 is 15.5 Å². The maximum atomic E-state index is 12.4. The number of hydrogen-bond acceptors (Lipinski definition) is 4. The Morgan fingerprint density at radius 3 is 2.50 bits per heavy atom. The molecule has 0 unspecified atom stereocenters. The molecule has 2 N–H and O–H groups in total.